The fourth-order valence-corrected chi connectivity index (χ4v) is 3.23. The molecule has 28 heavy (non-hydrogen) atoms. The number of hydrogen-bond donors (Lipinski definition) is 2. The summed E-state index contributed by atoms with van der Waals surface area (Å²) >= 11 is 0. The molecule has 0 atom stereocenters. The molecular weight excluding hydrogens is 358 g/mol. The number of carbonyl (C=O) groups excluding carboxylic acids is 1. The zero-order chi connectivity index (χ0) is 19.9. The molecule has 9 heteroatoms. The van der Waals surface area contributed by atoms with Gasteiger partial charge in [-0.3, -0.25) is 9.59 Å². The molecule has 1 fully saturated rings. The lowest BCUT2D eigenvalue weighted by atomic mass is 9.96. The van der Waals surface area contributed by atoms with Gasteiger partial charge in [-0.05, 0) is 18.2 Å². The molecule has 4 rings (SSSR count). The van der Waals surface area contributed by atoms with Gasteiger partial charge in [-0.25, -0.2) is 0 Å². The first-order chi connectivity index (χ1) is 13.3. The SMILES string of the molecule is CC(C)(C)c1nnc2ccc(N3CC(CNC(=O)c4cc[nH]c(=O)c4)C3)nn12. The predicted molar refractivity (Wildman–Crippen MR) is 105 cm³/mol. The third-order valence-corrected chi connectivity index (χ3v) is 4.79. The van der Waals surface area contributed by atoms with Crippen molar-refractivity contribution < 1.29 is 4.79 Å². The molecule has 1 saturated heterocycles. The molecular formula is C19H23N7O2. The molecule has 0 unspecified atom stereocenters. The Kier molecular flexibility index (Phi) is 4.37. The molecule has 146 valence electrons. The van der Waals surface area contributed by atoms with Gasteiger partial charge in [-0.15, -0.1) is 15.3 Å². The number of hydrogen-bond acceptors (Lipinski definition) is 6. The highest BCUT2D eigenvalue weighted by Crippen LogP contribution is 2.25. The van der Waals surface area contributed by atoms with E-state index in [1.165, 1.54) is 12.3 Å². The van der Waals surface area contributed by atoms with E-state index in [1.807, 2.05) is 12.1 Å². The Morgan fingerprint density at radius 2 is 2.04 bits per heavy atom. The maximum atomic E-state index is 12.1. The van der Waals surface area contributed by atoms with E-state index in [0.717, 1.165) is 30.4 Å². The van der Waals surface area contributed by atoms with Crippen LogP contribution in [0.15, 0.2) is 35.3 Å². The minimum atomic E-state index is -0.285. The number of aromatic nitrogens is 5. The summed E-state index contributed by atoms with van der Waals surface area (Å²) in [5.41, 5.74) is 0.671. The van der Waals surface area contributed by atoms with E-state index in [-0.39, 0.29) is 16.9 Å². The highest BCUT2D eigenvalue weighted by Gasteiger charge is 2.29. The number of pyridine rings is 1. The number of nitrogens with one attached hydrogen (secondary N) is 2. The molecule has 2 N–H and O–H groups in total. The van der Waals surface area contributed by atoms with E-state index >= 15 is 0 Å². The van der Waals surface area contributed by atoms with Crippen molar-refractivity contribution in [3.05, 3.63) is 52.2 Å². The largest absolute Gasteiger partial charge is 0.354 e. The molecule has 3 aromatic heterocycles. The molecule has 9 nitrogen and oxygen atoms in total. The van der Waals surface area contributed by atoms with E-state index in [2.05, 4.69) is 46.2 Å². The number of anilines is 1. The normalized spacial score (nSPS) is 14.9. The number of amides is 1. The summed E-state index contributed by atoms with van der Waals surface area (Å²) in [5.74, 6) is 1.80. The van der Waals surface area contributed by atoms with Gasteiger partial charge in [0, 0.05) is 48.8 Å². The molecule has 3 aromatic rings. The van der Waals surface area contributed by atoms with Crippen molar-refractivity contribution in [2.24, 2.45) is 5.92 Å². The van der Waals surface area contributed by atoms with Crippen molar-refractivity contribution in [2.45, 2.75) is 26.2 Å². The van der Waals surface area contributed by atoms with Crippen molar-refractivity contribution in [3.63, 3.8) is 0 Å². The standard InChI is InChI=1S/C19H23N7O2/c1-19(2,3)18-23-22-14-4-5-15(24-26(14)18)25-10-12(11-25)9-21-17(28)13-6-7-20-16(27)8-13/h4-8,12H,9-11H2,1-3H3,(H,20,27)(H,21,28). The topological polar surface area (TPSA) is 108 Å². The second-order valence-corrected chi connectivity index (χ2v) is 8.16. The van der Waals surface area contributed by atoms with Crippen LogP contribution >= 0.6 is 0 Å². The molecule has 0 spiro atoms. The number of carbonyl (C=O) groups is 1. The minimum Gasteiger partial charge on any atom is -0.354 e. The highest BCUT2D eigenvalue weighted by atomic mass is 16.2. The molecule has 1 aliphatic heterocycles. The Hall–Kier alpha value is -3.23. The van der Waals surface area contributed by atoms with Crippen LogP contribution in [0.1, 0.15) is 37.0 Å². The predicted octanol–water partition coefficient (Wildman–Crippen LogP) is 0.976. The lowest BCUT2D eigenvalue weighted by molar-refractivity contribution is 0.0944. The molecule has 4 heterocycles. The van der Waals surface area contributed by atoms with Crippen molar-refractivity contribution >= 4 is 17.4 Å². The van der Waals surface area contributed by atoms with Crippen molar-refractivity contribution in [3.8, 4) is 0 Å². The van der Waals surface area contributed by atoms with Gasteiger partial charge in [0.1, 0.15) is 5.82 Å². The summed E-state index contributed by atoms with van der Waals surface area (Å²) in [6.07, 6.45) is 1.47. The van der Waals surface area contributed by atoms with Gasteiger partial charge in [0.15, 0.2) is 11.5 Å². The summed E-state index contributed by atoms with van der Waals surface area (Å²) in [7, 11) is 0. The quantitative estimate of drug-likeness (QED) is 0.697. The Morgan fingerprint density at radius 1 is 1.25 bits per heavy atom. The van der Waals surface area contributed by atoms with Gasteiger partial charge >= 0.3 is 0 Å². The smallest absolute Gasteiger partial charge is 0.251 e. The number of rotatable bonds is 4. The van der Waals surface area contributed by atoms with Crippen molar-refractivity contribution in [1.29, 1.82) is 0 Å². The van der Waals surface area contributed by atoms with E-state index in [9.17, 15) is 9.59 Å². The van der Waals surface area contributed by atoms with E-state index in [4.69, 9.17) is 5.10 Å². The number of nitrogens with zero attached hydrogens (tertiary/aromatic N) is 5. The Balaban J connectivity index is 1.37. The van der Waals surface area contributed by atoms with Crippen LogP contribution in [0.5, 0.6) is 0 Å². The average molecular weight is 381 g/mol. The zero-order valence-corrected chi connectivity index (χ0v) is 16.1. The Morgan fingerprint density at radius 3 is 2.75 bits per heavy atom. The summed E-state index contributed by atoms with van der Waals surface area (Å²) in [4.78, 5) is 28.1. The average Bonchev–Trinajstić information content (AvgIpc) is 3.03. The van der Waals surface area contributed by atoms with E-state index in [1.54, 1.807) is 10.6 Å². The molecule has 0 aromatic carbocycles. The van der Waals surface area contributed by atoms with Crippen LogP contribution in [0.4, 0.5) is 5.82 Å². The summed E-state index contributed by atoms with van der Waals surface area (Å²) in [6.45, 7) is 8.43. The highest BCUT2D eigenvalue weighted by molar-refractivity contribution is 5.93. The summed E-state index contributed by atoms with van der Waals surface area (Å²) in [5, 5.41) is 16.1. The first-order valence-electron chi connectivity index (χ1n) is 9.26. The molecule has 0 bridgehead atoms. The van der Waals surface area contributed by atoms with Crippen molar-refractivity contribution in [2.75, 3.05) is 24.5 Å². The van der Waals surface area contributed by atoms with E-state index < -0.39 is 0 Å². The molecule has 0 aliphatic carbocycles. The van der Waals surface area contributed by atoms with Crippen LogP contribution in [0.25, 0.3) is 5.65 Å². The third-order valence-electron chi connectivity index (χ3n) is 4.79. The van der Waals surface area contributed by atoms with Crippen LogP contribution in [-0.4, -0.2) is 50.3 Å². The van der Waals surface area contributed by atoms with Crippen molar-refractivity contribution in [1.82, 2.24) is 30.1 Å². The summed E-state index contributed by atoms with van der Waals surface area (Å²) < 4.78 is 1.80. The monoisotopic (exact) mass is 381 g/mol. The van der Waals surface area contributed by atoms with Gasteiger partial charge in [0.05, 0.1) is 0 Å². The number of H-pyrrole nitrogens is 1. The van der Waals surface area contributed by atoms with Crippen LogP contribution in [0.3, 0.4) is 0 Å². The van der Waals surface area contributed by atoms with Gasteiger partial charge in [0.25, 0.3) is 5.91 Å². The first kappa shape index (κ1) is 18.1. The number of aromatic amines is 1. The Bertz CT molecular complexity index is 1070. The van der Waals surface area contributed by atoms with Crippen LogP contribution < -0.4 is 15.8 Å². The van der Waals surface area contributed by atoms with Crippen LogP contribution in [0.2, 0.25) is 0 Å². The minimum absolute atomic E-state index is 0.147. The maximum absolute atomic E-state index is 12.1. The second-order valence-electron chi connectivity index (χ2n) is 8.16. The molecule has 1 aliphatic rings. The molecule has 1 amide bonds. The van der Waals surface area contributed by atoms with Gasteiger partial charge in [0.2, 0.25) is 5.56 Å². The zero-order valence-electron chi connectivity index (χ0n) is 16.1. The van der Waals surface area contributed by atoms with Gasteiger partial charge < -0.3 is 15.2 Å². The fourth-order valence-electron chi connectivity index (χ4n) is 3.23. The molecule has 0 saturated carbocycles. The van der Waals surface area contributed by atoms with Gasteiger partial charge in [-0.1, -0.05) is 20.8 Å². The lowest BCUT2D eigenvalue weighted by Crippen LogP contribution is -2.52. The lowest BCUT2D eigenvalue weighted by Gasteiger charge is -2.40. The number of fused-ring (bicyclic) bond motifs is 1. The van der Waals surface area contributed by atoms with E-state index in [0.29, 0.717) is 18.0 Å². The summed E-state index contributed by atoms with van der Waals surface area (Å²) in [6, 6.07) is 6.76. The second kappa shape index (κ2) is 6.74. The maximum Gasteiger partial charge on any atom is 0.251 e. The van der Waals surface area contributed by atoms with Crippen LogP contribution in [0, 0.1) is 5.92 Å². The third kappa shape index (κ3) is 3.47. The fraction of sp³-hybridized carbons (Fsp3) is 0.421. The molecule has 0 radical (unpaired) electrons. The van der Waals surface area contributed by atoms with Crippen LogP contribution in [-0.2, 0) is 5.41 Å². The van der Waals surface area contributed by atoms with Gasteiger partial charge in [-0.2, -0.15) is 4.52 Å². The first-order valence-corrected chi connectivity index (χ1v) is 9.26. The Labute approximate surface area is 161 Å².